The van der Waals surface area contributed by atoms with Gasteiger partial charge >= 0.3 is 0 Å². The molecule has 3 aromatic carbocycles. The number of benzene rings is 3. The number of carbonyl (C=O) groups is 1. The Morgan fingerprint density at radius 1 is 0.935 bits per heavy atom. The largest absolute Gasteiger partial charge is 0.436 e. The minimum Gasteiger partial charge on any atom is -0.436 e. The van der Waals surface area contributed by atoms with Crippen LogP contribution < -0.4 is 5.32 Å². The summed E-state index contributed by atoms with van der Waals surface area (Å²) < 4.78 is 7.54. The molecule has 0 saturated heterocycles. The standard InChI is InChI=1S/C25H20N4O2/c30-24(26-15-14-18-6-2-1-3-7-18)19-10-12-21(13-11-19)29-17-20(16-27-29)25-28-22-8-4-5-9-23(22)31-25/h1-13,16-17H,14-15H2,(H,26,30). The topological polar surface area (TPSA) is 73.0 Å². The normalized spacial score (nSPS) is 11.0. The number of hydrogen-bond acceptors (Lipinski definition) is 4. The van der Waals surface area contributed by atoms with Crippen LogP contribution in [0.2, 0.25) is 0 Å². The number of nitrogens with zero attached hydrogens (tertiary/aromatic N) is 3. The maximum absolute atomic E-state index is 12.4. The lowest BCUT2D eigenvalue weighted by atomic mass is 10.1. The highest BCUT2D eigenvalue weighted by molar-refractivity contribution is 5.94. The van der Waals surface area contributed by atoms with E-state index in [4.69, 9.17) is 4.42 Å². The van der Waals surface area contributed by atoms with E-state index >= 15 is 0 Å². The highest BCUT2D eigenvalue weighted by Crippen LogP contribution is 2.24. The number of fused-ring (bicyclic) bond motifs is 1. The van der Waals surface area contributed by atoms with Crippen LogP contribution in [-0.4, -0.2) is 27.2 Å². The van der Waals surface area contributed by atoms with Crippen molar-refractivity contribution in [1.29, 1.82) is 0 Å². The van der Waals surface area contributed by atoms with E-state index in [1.54, 1.807) is 23.0 Å². The fourth-order valence-electron chi connectivity index (χ4n) is 3.40. The molecule has 152 valence electrons. The van der Waals surface area contributed by atoms with Crippen molar-refractivity contribution in [3.63, 3.8) is 0 Å². The van der Waals surface area contributed by atoms with Crippen molar-refractivity contribution in [2.45, 2.75) is 6.42 Å². The van der Waals surface area contributed by atoms with Gasteiger partial charge in [-0.1, -0.05) is 42.5 Å². The van der Waals surface area contributed by atoms with Gasteiger partial charge in [-0.15, -0.1) is 0 Å². The van der Waals surface area contributed by atoms with Crippen molar-refractivity contribution < 1.29 is 9.21 Å². The lowest BCUT2D eigenvalue weighted by Gasteiger charge is -2.07. The van der Waals surface area contributed by atoms with E-state index in [-0.39, 0.29) is 5.91 Å². The Bertz CT molecular complexity index is 1290. The molecule has 2 aromatic heterocycles. The summed E-state index contributed by atoms with van der Waals surface area (Å²) in [5.74, 6) is 0.442. The van der Waals surface area contributed by atoms with Crippen molar-refractivity contribution in [3.8, 4) is 17.1 Å². The zero-order valence-corrected chi connectivity index (χ0v) is 16.7. The van der Waals surface area contributed by atoms with Gasteiger partial charge in [0.2, 0.25) is 5.89 Å². The molecule has 1 amide bonds. The molecule has 0 atom stereocenters. The quantitative estimate of drug-likeness (QED) is 0.444. The smallest absolute Gasteiger partial charge is 0.251 e. The molecule has 5 rings (SSSR count). The highest BCUT2D eigenvalue weighted by Gasteiger charge is 2.11. The van der Waals surface area contributed by atoms with Gasteiger partial charge in [0.05, 0.1) is 17.4 Å². The first kappa shape index (κ1) is 18.8. The van der Waals surface area contributed by atoms with Crippen LogP contribution in [-0.2, 0) is 6.42 Å². The molecular weight excluding hydrogens is 388 g/mol. The second-order valence-corrected chi connectivity index (χ2v) is 7.20. The number of rotatable bonds is 6. The Hall–Kier alpha value is -4.19. The van der Waals surface area contributed by atoms with Crippen LogP contribution in [0.4, 0.5) is 0 Å². The fraction of sp³-hybridized carbons (Fsp3) is 0.0800. The first-order valence-electron chi connectivity index (χ1n) is 10.1. The lowest BCUT2D eigenvalue weighted by Crippen LogP contribution is -2.25. The van der Waals surface area contributed by atoms with Gasteiger partial charge in [0.15, 0.2) is 5.58 Å². The number of oxazole rings is 1. The van der Waals surface area contributed by atoms with E-state index in [1.807, 2.05) is 60.8 Å². The number of para-hydroxylation sites is 2. The average molecular weight is 408 g/mol. The van der Waals surface area contributed by atoms with Crippen LogP contribution in [0.5, 0.6) is 0 Å². The van der Waals surface area contributed by atoms with E-state index in [0.29, 0.717) is 18.0 Å². The molecule has 31 heavy (non-hydrogen) atoms. The van der Waals surface area contributed by atoms with Crippen molar-refractivity contribution in [2.75, 3.05) is 6.54 Å². The molecule has 6 heteroatoms. The number of aromatic nitrogens is 3. The Morgan fingerprint density at radius 2 is 1.71 bits per heavy atom. The number of hydrogen-bond donors (Lipinski definition) is 1. The minimum absolute atomic E-state index is 0.0879. The van der Waals surface area contributed by atoms with Gasteiger partial charge in [0, 0.05) is 18.3 Å². The molecule has 0 aliphatic heterocycles. The summed E-state index contributed by atoms with van der Waals surface area (Å²) in [7, 11) is 0. The summed E-state index contributed by atoms with van der Waals surface area (Å²) >= 11 is 0. The zero-order chi connectivity index (χ0) is 21.0. The SMILES string of the molecule is O=C(NCCc1ccccc1)c1ccc(-n2cc(-c3nc4ccccc4o3)cn2)cc1. The van der Waals surface area contributed by atoms with Gasteiger partial charge in [0.25, 0.3) is 5.91 Å². The molecule has 0 aliphatic rings. The first-order valence-corrected chi connectivity index (χ1v) is 10.1. The summed E-state index contributed by atoms with van der Waals surface area (Å²) in [5.41, 5.74) is 5.01. The van der Waals surface area contributed by atoms with E-state index in [0.717, 1.165) is 28.8 Å². The first-order chi connectivity index (χ1) is 15.3. The van der Waals surface area contributed by atoms with Crippen LogP contribution in [0.3, 0.4) is 0 Å². The molecule has 2 heterocycles. The highest BCUT2D eigenvalue weighted by atomic mass is 16.3. The number of nitrogens with one attached hydrogen (secondary N) is 1. The van der Waals surface area contributed by atoms with Gasteiger partial charge in [-0.05, 0) is 48.4 Å². The van der Waals surface area contributed by atoms with Gasteiger partial charge in [0.1, 0.15) is 5.52 Å². The number of amides is 1. The maximum atomic E-state index is 12.4. The van der Waals surface area contributed by atoms with E-state index in [2.05, 4.69) is 27.5 Å². The average Bonchev–Trinajstić information content (AvgIpc) is 3.47. The predicted molar refractivity (Wildman–Crippen MR) is 119 cm³/mol. The summed E-state index contributed by atoms with van der Waals surface area (Å²) in [5, 5.41) is 7.37. The van der Waals surface area contributed by atoms with Crippen molar-refractivity contribution in [3.05, 3.63) is 102 Å². The summed E-state index contributed by atoms with van der Waals surface area (Å²) in [6.07, 6.45) is 4.38. The molecule has 0 bridgehead atoms. The van der Waals surface area contributed by atoms with Gasteiger partial charge in [-0.3, -0.25) is 4.79 Å². The van der Waals surface area contributed by atoms with Gasteiger partial charge in [-0.2, -0.15) is 5.10 Å². The molecule has 0 fully saturated rings. The van der Waals surface area contributed by atoms with Crippen LogP contribution >= 0.6 is 0 Å². The van der Waals surface area contributed by atoms with Crippen LogP contribution in [0.25, 0.3) is 28.2 Å². The minimum atomic E-state index is -0.0879. The van der Waals surface area contributed by atoms with Gasteiger partial charge < -0.3 is 9.73 Å². The lowest BCUT2D eigenvalue weighted by molar-refractivity contribution is 0.0954. The molecule has 0 aliphatic carbocycles. The monoisotopic (exact) mass is 408 g/mol. The Labute approximate surface area is 179 Å². The Balaban J connectivity index is 1.25. The van der Waals surface area contributed by atoms with Crippen molar-refractivity contribution >= 4 is 17.0 Å². The summed E-state index contributed by atoms with van der Waals surface area (Å²) in [6.45, 7) is 0.595. The van der Waals surface area contributed by atoms with Crippen molar-refractivity contribution in [2.24, 2.45) is 0 Å². The summed E-state index contributed by atoms with van der Waals surface area (Å²) in [4.78, 5) is 16.9. The van der Waals surface area contributed by atoms with Crippen LogP contribution in [0.1, 0.15) is 15.9 Å². The van der Waals surface area contributed by atoms with E-state index in [9.17, 15) is 4.79 Å². The third-order valence-electron chi connectivity index (χ3n) is 5.06. The molecule has 1 N–H and O–H groups in total. The molecular formula is C25H20N4O2. The maximum Gasteiger partial charge on any atom is 0.251 e. The van der Waals surface area contributed by atoms with Crippen LogP contribution in [0, 0.1) is 0 Å². The van der Waals surface area contributed by atoms with Crippen LogP contribution in [0.15, 0.2) is 95.7 Å². The summed E-state index contributed by atoms with van der Waals surface area (Å²) in [6, 6.07) is 25.1. The van der Waals surface area contributed by atoms with E-state index in [1.165, 1.54) is 5.56 Å². The number of carbonyl (C=O) groups excluding carboxylic acids is 1. The van der Waals surface area contributed by atoms with E-state index < -0.39 is 0 Å². The predicted octanol–water partition coefficient (Wildman–Crippen LogP) is 4.65. The molecule has 5 aromatic rings. The fourth-order valence-corrected chi connectivity index (χ4v) is 3.40. The molecule has 0 saturated carbocycles. The molecule has 0 spiro atoms. The zero-order valence-electron chi connectivity index (χ0n) is 16.7. The molecule has 0 radical (unpaired) electrons. The second kappa shape index (κ2) is 8.28. The molecule has 0 unspecified atom stereocenters. The Kier molecular flexibility index (Phi) is 5.02. The molecule has 6 nitrogen and oxygen atoms in total. The Morgan fingerprint density at radius 3 is 2.52 bits per heavy atom. The third-order valence-corrected chi connectivity index (χ3v) is 5.06. The van der Waals surface area contributed by atoms with Crippen molar-refractivity contribution in [1.82, 2.24) is 20.1 Å². The second-order valence-electron chi connectivity index (χ2n) is 7.20. The van der Waals surface area contributed by atoms with Gasteiger partial charge in [-0.25, -0.2) is 9.67 Å². The third kappa shape index (κ3) is 4.09.